The van der Waals surface area contributed by atoms with Crippen LogP contribution < -0.4 is 9.47 Å². The SMILES string of the molecule is Cc1noc(C2CCN(C(=O)C3COc4ccccc4O3)CC2)n1. The molecule has 1 saturated heterocycles. The van der Waals surface area contributed by atoms with Crippen LogP contribution in [0.25, 0.3) is 0 Å². The average Bonchev–Trinajstić information content (AvgIpc) is 3.07. The number of likely N-dealkylation sites (tertiary alicyclic amines) is 1. The van der Waals surface area contributed by atoms with E-state index >= 15 is 0 Å². The Morgan fingerprint density at radius 3 is 2.67 bits per heavy atom. The van der Waals surface area contributed by atoms with Crippen LogP contribution in [0.2, 0.25) is 0 Å². The zero-order valence-electron chi connectivity index (χ0n) is 13.5. The molecular formula is C17H19N3O4. The highest BCUT2D eigenvalue weighted by molar-refractivity contribution is 5.82. The lowest BCUT2D eigenvalue weighted by Crippen LogP contribution is -2.48. The third-order valence-corrected chi connectivity index (χ3v) is 4.48. The molecule has 0 radical (unpaired) electrons. The molecule has 1 aromatic carbocycles. The van der Waals surface area contributed by atoms with E-state index in [1.165, 1.54) is 0 Å². The Hall–Kier alpha value is -2.57. The number of aryl methyl sites for hydroxylation is 1. The highest BCUT2D eigenvalue weighted by Gasteiger charge is 2.34. The number of ether oxygens (including phenoxy) is 2. The van der Waals surface area contributed by atoms with E-state index in [2.05, 4.69) is 10.1 Å². The van der Waals surface area contributed by atoms with Gasteiger partial charge >= 0.3 is 0 Å². The van der Waals surface area contributed by atoms with Gasteiger partial charge in [0.25, 0.3) is 5.91 Å². The van der Waals surface area contributed by atoms with E-state index in [1.807, 2.05) is 36.1 Å². The third kappa shape index (κ3) is 2.81. The molecule has 0 spiro atoms. The van der Waals surface area contributed by atoms with Gasteiger partial charge in [-0.1, -0.05) is 17.3 Å². The summed E-state index contributed by atoms with van der Waals surface area (Å²) in [4.78, 5) is 18.8. The maximum atomic E-state index is 12.7. The van der Waals surface area contributed by atoms with E-state index in [1.54, 1.807) is 0 Å². The quantitative estimate of drug-likeness (QED) is 0.838. The second kappa shape index (κ2) is 6.14. The predicted octanol–water partition coefficient (Wildman–Crippen LogP) is 1.92. The number of aromatic nitrogens is 2. The van der Waals surface area contributed by atoms with Gasteiger partial charge < -0.3 is 18.9 Å². The van der Waals surface area contributed by atoms with Gasteiger partial charge in [-0.3, -0.25) is 4.79 Å². The van der Waals surface area contributed by atoms with Crippen LogP contribution in [0.4, 0.5) is 0 Å². The van der Waals surface area contributed by atoms with E-state index in [4.69, 9.17) is 14.0 Å². The maximum absolute atomic E-state index is 12.7. The number of rotatable bonds is 2. The Labute approximate surface area is 139 Å². The molecule has 1 aromatic heterocycles. The molecule has 2 aliphatic rings. The molecule has 2 aliphatic heterocycles. The summed E-state index contributed by atoms with van der Waals surface area (Å²) in [6.45, 7) is 3.38. The fraction of sp³-hybridized carbons (Fsp3) is 0.471. The minimum absolute atomic E-state index is 0.0235. The first-order valence-corrected chi connectivity index (χ1v) is 8.18. The second-order valence-corrected chi connectivity index (χ2v) is 6.14. The van der Waals surface area contributed by atoms with Crippen LogP contribution in [0.1, 0.15) is 30.5 Å². The predicted molar refractivity (Wildman–Crippen MR) is 83.9 cm³/mol. The number of hydrogen-bond donors (Lipinski definition) is 0. The van der Waals surface area contributed by atoms with E-state index in [0.29, 0.717) is 36.3 Å². The second-order valence-electron chi connectivity index (χ2n) is 6.14. The largest absolute Gasteiger partial charge is 0.485 e. The Morgan fingerprint density at radius 2 is 1.96 bits per heavy atom. The maximum Gasteiger partial charge on any atom is 0.267 e. The average molecular weight is 329 g/mol. The number of para-hydroxylation sites is 2. The molecule has 126 valence electrons. The van der Waals surface area contributed by atoms with Crippen molar-refractivity contribution < 1.29 is 18.8 Å². The van der Waals surface area contributed by atoms with Crippen molar-refractivity contribution in [3.63, 3.8) is 0 Å². The Kier molecular flexibility index (Phi) is 3.84. The fourth-order valence-corrected chi connectivity index (χ4v) is 3.17. The van der Waals surface area contributed by atoms with Crippen molar-refractivity contribution in [3.8, 4) is 11.5 Å². The summed E-state index contributed by atoms with van der Waals surface area (Å²) in [7, 11) is 0. The summed E-state index contributed by atoms with van der Waals surface area (Å²) in [5, 5.41) is 3.84. The van der Waals surface area contributed by atoms with Crippen LogP contribution >= 0.6 is 0 Å². The van der Waals surface area contributed by atoms with E-state index < -0.39 is 6.10 Å². The summed E-state index contributed by atoms with van der Waals surface area (Å²) in [5.41, 5.74) is 0. The van der Waals surface area contributed by atoms with Crippen LogP contribution in [0.5, 0.6) is 11.5 Å². The Balaban J connectivity index is 1.37. The van der Waals surface area contributed by atoms with E-state index in [0.717, 1.165) is 12.8 Å². The summed E-state index contributed by atoms with van der Waals surface area (Å²) in [6, 6.07) is 7.41. The van der Waals surface area contributed by atoms with Gasteiger partial charge in [0.1, 0.15) is 6.61 Å². The van der Waals surface area contributed by atoms with Crippen molar-refractivity contribution in [2.24, 2.45) is 0 Å². The van der Waals surface area contributed by atoms with Crippen molar-refractivity contribution in [2.45, 2.75) is 31.8 Å². The standard InChI is InChI=1S/C17H19N3O4/c1-11-18-16(24-19-11)12-6-8-20(9-7-12)17(21)15-10-22-13-4-2-3-5-14(13)23-15/h2-5,12,15H,6-10H2,1H3. The molecule has 1 amide bonds. The summed E-state index contributed by atoms with van der Waals surface area (Å²) in [6.07, 6.45) is 1.05. The zero-order valence-corrected chi connectivity index (χ0v) is 13.5. The zero-order chi connectivity index (χ0) is 16.5. The van der Waals surface area contributed by atoms with E-state index in [-0.39, 0.29) is 18.4 Å². The van der Waals surface area contributed by atoms with Crippen LogP contribution in [-0.4, -0.2) is 46.7 Å². The topological polar surface area (TPSA) is 77.7 Å². The molecule has 1 atom stereocenters. The molecule has 1 fully saturated rings. The molecule has 1 unspecified atom stereocenters. The minimum Gasteiger partial charge on any atom is -0.485 e. The molecule has 2 aromatic rings. The first kappa shape index (κ1) is 15.0. The number of amides is 1. The van der Waals surface area contributed by atoms with Gasteiger partial charge in [0.15, 0.2) is 17.3 Å². The van der Waals surface area contributed by atoms with Crippen LogP contribution in [-0.2, 0) is 4.79 Å². The fourth-order valence-electron chi connectivity index (χ4n) is 3.17. The molecule has 7 nitrogen and oxygen atoms in total. The molecule has 3 heterocycles. The van der Waals surface area contributed by atoms with Crippen LogP contribution in [0.15, 0.2) is 28.8 Å². The number of carbonyl (C=O) groups excluding carboxylic acids is 1. The van der Waals surface area contributed by atoms with Gasteiger partial charge in [-0.25, -0.2) is 0 Å². The number of fused-ring (bicyclic) bond motifs is 1. The molecule has 0 bridgehead atoms. The van der Waals surface area contributed by atoms with Crippen molar-refractivity contribution >= 4 is 5.91 Å². The molecule has 0 aliphatic carbocycles. The monoisotopic (exact) mass is 329 g/mol. The van der Waals surface area contributed by atoms with Gasteiger partial charge in [-0.05, 0) is 31.9 Å². The minimum atomic E-state index is -0.581. The first-order chi connectivity index (χ1) is 11.7. The van der Waals surface area contributed by atoms with Crippen molar-refractivity contribution in [2.75, 3.05) is 19.7 Å². The number of nitrogens with zero attached hydrogens (tertiary/aromatic N) is 3. The molecular weight excluding hydrogens is 310 g/mol. The van der Waals surface area contributed by atoms with E-state index in [9.17, 15) is 4.79 Å². The molecule has 7 heteroatoms. The number of benzene rings is 1. The van der Waals surface area contributed by atoms with Gasteiger partial charge in [-0.2, -0.15) is 4.98 Å². The highest BCUT2D eigenvalue weighted by Crippen LogP contribution is 2.32. The Morgan fingerprint density at radius 1 is 1.21 bits per heavy atom. The van der Waals surface area contributed by atoms with Gasteiger partial charge in [-0.15, -0.1) is 0 Å². The third-order valence-electron chi connectivity index (χ3n) is 4.48. The highest BCUT2D eigenvalue weighted by atomic mass is 16.6. The smallest absolute Gasteiger partial charge is 0.267 e. The number of hydrogen-bond acceptors (Lipinski definition) is 6. The lowest BCUT2D eigenvalue weighted by molar-refractivity contribution is -0.142. The summed E-state index contributed by atoms with van der Waals surface area (Å²) in [5.74, 6) is 2.83. The molecule has 0 N–H and O–H groups in total. The lowest BCUT2D eigenvalue weighted by atomic mass is 9.96. The van der Waals surface area contributed by atoms with Crippen LogP contribution in [0.3, 0.4) is 0 Å². The van der Waals surface area contributed by atoms with Gasteiger partial charge in [0, 0.05) is 19.0 Å². The van der Waals surface area contributed by atoms with Crippen molar-refractivity contribution in [1.29, 1.82) is 0 Å². The van der Waals surface area contributed by atoms with Crippen molar-refractivity contribution in [3.05, 3.63) is 36.0 Å². The molecule has 24 heavy (non-hydrogen) atoms. The number of piperidine rings is 1. The normalized spacial score (nSPS) is 20.9. The van der Waals surface area contributed by atoms with Gasteiger partial charge in [0.2, 0.25) is 12.0 Å². The summed E-state index contributed by atoms with van der Waals surface area (Å²) >= 11 is 0. The van der Waals surface area contributed by atoms with Crippen molar-refractivity contribution in [1.82, 2.24) is 15.0 Å². The molecule has 4 rings (SSSR count). The Bertz CT molecular complexity index is 737. The lowest BCUT2D eigenvalue weighted by Gasteiger charge is -2.34. The van der Waals surface area contributed by atoms with Gasteiger partial charge in [0.05, 0.1) is 0 Å². The molecule has 0 saturated carbocycles. The number of carbonyl (C=O) groups is 1. The van der Waals surface area contributed by atoms with Crippen LogP contribution in [0, 0.1) is 6.92 Å². The summed E-state index contributed by atoms with van der Waals surface area (Å²) < 4.78 is 16.7. The first-order valence-electron chi connectivity index (χ1n) is 8.18.